The van der Waals surface area contributed by atoms with Crippen molar-refractivity contribution < 1.29 is 4.74 Å². The van der Waals surface area contributed by atoms with Crippen molar-refractivity contribution in [1.82, 2.24) is 10.2 Å². The molecule has 1 aromatic carbocycles. The van der Waals surface area contributed by atoms with E-state index in [2.05, 4.69) is 24.3 Å². The van der Waals surface area contributed by atoms with Crippen molar-refractivity contribution in [3.8, 4) is 5.75 Å². The molecule has 1 fully saturated rings. The average molecular weight is 262 g/mol. The van der Waals surface area contributed by atoms with E-state index in [1.54, 1.807) is 0 Å². The zero-order valence-electron chi connectivity index (χ0n) is 12.2. The number of ether oxygens (including phenoxy) is 1. The Bertz CT molecular complexity index is 360. The molecule has 0 radical (unpaired) electrons. The molecule has 0 unspecified atom stereocenters. The second-order valence-corrected chi connectivity index (χ2v) is 5.81. The van der Waals surface area contributed by atoms with Gasteiger partial charge in [0.15, 0.2) is 0 Å². The maximum Gasteiger partial charge on any atom is 0.119 e. The standard InChI is InChI=1S/C16H26N2O/c1-18(2)14-16(10-6-11-16)17-12-7-13-19-15-8-4-3-5-9-15/h3-5,8-9,17H,6-7,10-14H2,1-2H3. The molecular weight excluding hydrogens is 236 g/mol. The summed E-state index contributed by atoms with van der Waals surface area (Å²) >= 11 is 0. The second kappa shape index (κ2) is 6.92. The Morgan fingerprint density at radius 2 is 1.95 bits per heavy atom. The van der Waals surface area contributed by atoms with Gasteiger partial charge in [-0.1, -0.05) is 18.2 Å². The molecule has 0 saturated heterocycles. The van der Waals surface area contributed by atoms with Crippen LogP contribution >= 0.6 is 0 Å². The maximum atomic E-state index is 5.70. The lowest BCUT2D eigenvalue weighted by atomic mass is 9.76. The lowest BCUT2D eigenvalue weighted by Crippen LogP contribution is -2.57. The van der Waals surface area contributed by atoms with Gasteiger partial charge in [0.25, 0.3) is 0 Å². The van der Waals surface area contributed by atoms with Crippen LogP contribution < -0.4 is 10.1 Å². The van der Waals surface area contributed by atoms with E-state index in [9.17, 15) is 0 Å². The van der Waals surface area contributed by atoms with Gasteiger partial charge in [-0.05, 0) is 58.5 Å². The summed E-state index contributed by atoms with van der Waals surface area (Å²) in [6, 6.07) is 10.0. The predicted molar refractivity (Wildman–Crippen MR) is 79.7 cm³/mol. The summed E-state index contributed by atoms with van der Waals surface area (Å²) in [6.45, 7) is 2.97. The first-order valence-corrected chi connectivity index (χ1v) is 7.28. The minimum atomic E-state index is 0.371. The molecule has 1 aliphatic rings. The fourth-order valence-corrected chi connectivity index (χ4v) is 2.73. The minimum Gasteiger partial charge on any atom is -0.494 e. The highest BCUT2D eigenvalue weighted by Gasteiger charge is 2.36. The van der Waals surface area contributed by atoms with Gasteiger partial charge in [0.05, 0.1) is 6.61 Å². The summed E-state index contributed by atoms with van der Waals surface area (Å²) in [5.41, 5.74) is 0.371. The molecule has 1 aliphatic carbocycles. The largest absolute Gasteiger partial charge is 0.494 e. The summed E-state index contributed by atoms with van der Waals surface area (Å²) in [6.07, 6.45) is 5.04. The maximum absolute atomic E-state index is 5.70. The minimum absolute atomic E-state index is 0.371. The topological polar surface area (TPSA) is 24.5 Å². The van der Waals surface area contributed by atoms with Crippen LogP contribution in [0, 0.1) is 0 Å². The van der Waals surface area contributed by atoms with Crippen LogP contribution in [0.4, 0.5) is 0 Å². The van der Waals surface area contributed by atoms with Gasteiger partial charge >= 0.3 is 0 Å². The molecule has 3 nitrogen and oxygen atoms in total. The van der Waals surface area contributed by atoms with Crippen molar-refractivity contribution in [1.29, 1.82) is 0 Å². The van der Waals surface area contributed by atoms with E-state index in [1.165, 1.54) is 19.3 Å². The predicted octanol–water partition coefficient (Wildman–Crippen LogP) is 2.53. The Morgan fingerprint density at radius 3 is 2.53 bits per heavy atom. The number of hydrogen-bond donors (Lipinski definition) is 1. The summed E-state index contributed by atoms with van der Waals surface area (Å²) < 4.78 is 5.70. The van der Waals surface area contributed by atoms with E-state index in [0.29, 0.717) is 5.54 Å². The van der Waals surface area contributed by atoms with E-state index >= 15 is 0 Å². The van der Waals surface area contributed by atoms with Gasteiger partial charge in [-0.25, -0.2) is 0 Å². The summed E-state index contributed by atoms with van der Waals surface area (Å²) in [5.74, 6) is 0.967. The molecule has 106 valence electrons. The smallest absolute Gasteiger partial charge is 0.119 e. The summed E-state index contributed by atoms with van der Waals surface area (Å²) in [7, 11) is 4.31. The molecule has 1 saturated carbocycles. The first-order valence-electron chi connectivity index (χ1n) is 7.28. The van der Waals surface area contributed by atoms with Crippen molar-refractivity contribution in [3.63, 3.8) is 0 Å². The van der Waals surface area contributed by atoms with Gasteiger partial charge in [-0.15, -0.1) is 0 Å². The quantitative estimate of drug-likeness (QED) is 0.729. The Balaban J connectivity index is 1.61. The Kier molecular flexibility index (Phi) is 5.23. The van der Waals surface area contributed by atoms with Crippen LogP contribution in [0.3, 0.4) is 0 Å². The molecule has 0 heterocycles. The van der Waals surface area contributed by atoms with E-state index in [0.717, 1.165) is 31.9 Å². The lowest BCUT2D eigenvalue weighted by Gasteiger charge is -2.44. The van der Waals surface area contributed by atoms with Gasteiger partial charge < -0.3 is 15.0 Å². The summed E-state index contributed by atoms with van der Waals surface area (Å²) in [4.78, 5) is 2.28. The Labute approximate surface area is 116 Å². The first kappa shape index (κ1) is 14.4. The highest BCUT2D eigenvalue weighted by Crippen LogP contribution is 2.32. The number of rotatable bonds is 8. The van der Waals surface area contributed by atoms with Crippen LogP contribution in [0.15, 0.2) is 30.3 Å². The summed E-state index contributed by atoms with van der Waals surface area (Å²) in [5, 5.41) is 3.73. The van der Waals surface area contributed by atoms with Gasteiger partial charge in [-0.2, -0.15) is 0 Å². The van der Waals surface area contributed by atoms with E-state index in [1.807, 2.05) is 30.3 Å². The number of benzene rings is 1. The van der Waals surface area contributed by atoms with Crippen LogP contribution in [-0.4, -0.2) is 44.2 Å². The zero-order valence-corrected chi connectivity index (χ0v) is 12.2. The molecule has 19 heavy (non-hydrogen) atoms. The highest BCUT2D eigenvalue weighted by molar-refractivity contribution is 5.20. The number of nitrogens with zero attached hydrogens (tertiary/aromatic N) is 1. The van der Waals surface area contributed by atoms with Crippen LogP contribution in [-0.2, 0) is 0 Å². The second-order valence-electron chi connectivity index (χ2n) is 5.81. The molecular formula is C16H26N2O. The van der Waals surface area contributed by atoms with E-state index in [4.69, 9.17) is 4.74 Å². The molecule has 3 heteroatoms. The van der Waals surface area contributed by atoms with Crippen LogP contribution in [0.1, 0.15) is 25.7 Å². The van der Waals surface area contributed by atoms with E-state index in [-0.39, 0.29) is 0 Å². The molecule has 2 rings (SSSR count). The zero-order chi connectivity index (χ0) is 13.6. The van der Waals surface area contributed by atoms with Gasteiger partial charge in [-0.3, -0.25) is 0 Å². The number of para-hydroxylation sites is 1. The fourth-order valence-electron chi connectivity index (χ4n) is 2.73. The van der Waals surface area contributed by atoms with Gasteiger partial charge in [0.2, 0.25) is 0 Å². The molecule has 0 spiro atoms. The van der Waals surface area contributed by atoms with Crippen molar-refractivity contribution in [2.24, 2.45) is 0 Å². The Hall–Kier alpha value is -1.06. The monoisotopic (exact) mass is 262 g/mol. The molecule has 0 bridgehead atoms. The Morgan fingerprint density at radius 1 is 1.21 bits per heavy atom. The molecule has 1 aromatic rings. The number of hydrogen-bond acceptors (Lipinski definition) is 3. The molecule has 0 aromatic heterocycles. The molecule has 1 N–H and O–H groups in total. The third-order valence-electron chi connectivity index (χ3n) is 3.76. The third-order valence-corrected chi connectivity index (χ3v) is 3.76. The van der Waals surface area contributed by atoms with Crippen molar-refractivity contribution in [2.75, 3.05) is 33.8 Å². The lowest BCUT2D eigenvalue weighted by molar-refractivity contribution is 0.133. The van der Waals surface area contributed by atoms with Gasteiger partial charge in [0.1, 0.15) is 5.75 Å². The average Bonchev–Trinajstić information content (AvgIpc) is 2.36. The van der Waals surface area contributed by atoms with E-state index < -0.39 is 0 Å². The third kappa shape index (κ3) is 4.51. The highest BCUT2D eigenvalue weighted by atomic mass is 16.5. The fraction of sp³-hybridized carbons (Fsp3) is 0.625. The first-order chi connectivity index (χ1) is 9.20. The molecule has 0 aliphatic heterocycles. The molecule has 0 atom stereocenters. The van der Waals surface area contributed by atoms with Crippen molar-refractivity contribution >= 4 is 0 Å². The van der Waals surface area contributed by atoms with Gasteiger partial charge in [0, 0.05) is 12.1 Å². The van der Waals surface area contributed by atoms with Crippen LogP contribution in [0.2, 0.25) is 0 Å². The van der Waals surface area contributed by atoms with Crippen molar-refractivity contribution in [2.45, 2.75) is 31.2 Å². The molecule has 0 amide bonds. The van der Waals surface area contributed by atoms with Crippen molar-refractivity contribution in [3.05, 3.63) is 30.3 Å². The van der Waals surface area contributed by atoms with Crippen LogP contribution in [0.5, 0.6) is 5.75 Å². The number of nitrogens with one attached hydrogen (secondary N) is 1. The SMILES string of the molecule is CN(C)CC1(NCCCOc2ccccc2)CCC1. The number of likely N-dealkylation sites (N-methyl/N-ethyl adjacent to an activating group) is 1. The van der Waals surface area contributed by atoms with Crippen LogP contribution in [0.25, 0.3) is 0 Å². The normalized spacial score (nSPS) is 17.2.